The van der Waals surface area contributed by atoms with Gasteiger partial charge >= 0.3 is 5.97 Å². The van der Waals surface area contributed by atoms with Crippen LogP contribution in [0.15, 0.2) is 23.1 Å². The van der Waals surface area contributed by atoms with Gasteiger partial charge in [-0.15, -0.1) is 0 Å². The Morgan fingerprint density at radius 3 is 3.00 bits per heavy atom. The Morgan fingerprint density at radius 2 is 2.23 bits per heavy atom. The molecule has 7 heteroatoms. The maximum Gasteiger partial charge on any atom is 0.323 e. The van der Waals surface area contributed by atoms with Gasteiger partial charge in [0, 0.05) is 0 Å². The number of aliphatic carboxylic acids is 1. The summed E-state index contributed by atoms with van der Waals surface area (Å²) in [6, 6.07) is 5.59. The Kier molecular flexibility index (Phi) is 3.89. The third kappa shape index (κ3) is 2.85. The Bertz CT molecular complexity index is 697. The zero-order valence-corrected chi connectivity index (χ0v) is 12.4. The van der Waals surface area contributed by atoms with Crippen LogP contribution in [0.1, 0.15) is 17.5 Å². The van der Waals surface area contributed by atoms with Crippen molar-refractivity contribution in [3.8, 4) is 5.75 Å². The van der Waals surface area contributed by atoms with Gasteiger partial charge in [-0.1, -0.05) is 6.07 Å². The summed E-state index contributed by atoms with van der Waals surface area (Å²) in [5, 5.41) is 8.17. The largest absolute Gasteiger partial charge is 0.493 e. The molecule has 2 aliphatic heterocycles. The van der Waals surface area contributed by atoms with Crippen molar-refractivity contribution in [1.29, 1.82) is 0 Å². The number of ether oxygens (including phenoxy) is 1. The van der Waals surface area contributed by atoms with Crippen LogP contribution in [0.5, 0.6) is 5.75 Å². The van der Waals surface area contributed by atoms with Crippen LogP contribution in [-0.2, 0) is 16.0 Å². The highest BCUT2D eigenvalue weighted by Gasteiger charge is 2.36. The molecule has 0 aliphatic carbocycles. The summed E-state index contributed by atoms with van der Waals surface area (Å²) in [5.41, 5.74) is 1.87. The third-order valence-corrected chi connectivity index (χ3v) is 4.30. The van der Waals surface area contributed by atoms with Crippen molar-refractivity contribution in [1.82, 2.24) is 4.90 Å². The summed E-state index contributed by atoms with van der Waals surface area (Å²) in [7, 11) is 0. The van der Waals surface area contributed by atoms with Gasteiger partial charge in [-0.25, -0.2) is 0 Å². The molecule has 114 valence electrons. The van der Waals surface area contributed by atoms with E-state index < -0.39 is 23.7 Å². The lowest BCUT2D eigenvalue weighted by atomic mass is 10.0. The zero-order valence-electron chi connectivity index (χ0n) is 11.6. The van der Waals surface area contributed by atoms with Gasteiger partial charge in [0.2, 0.25) is 0 Å². The summed E-state index contributed by atoms with van der Waals surface area (Å²) >= 11 is 0.760. The first-order chi connectivity index (χ1) is 10.5. The number of carbonyl (C=O) groups is 3. The molecular weight excluding hydrogens is 306 g/mol. The van der Waals surface area contributed by atoms with Crippen molar-refractivity contribution in [2.75, 3.05) is 13.2 Å². The van der Waals surface area contributed by atoms with Gasteiger partial charge in [-0.05, 0) is 53.9 Å². The van der Waals surface area contributed by atoms with Crippen molar-refractivity contribution in [2.24, 2.45) is 0 Å². The molecule has 2 heterocycles. The molecule has 1 N–H and O–H groups in total. The third-order valence-electron chi connectivity index (χ3n) is 3.40. The van der Waals surface area contributed by atoms with E-state index in [1.807, 2.05) is 18.2 Å². The minimum absolute atomic E-state index is 0.239. The Morgan fingerprint density at radius 1 is 1.41 bits per heavy atom. The first-order valence-corrected chi connectivity index (χ1v) is 7.59. The number of carbonyl (C=O) groups excluding carboxylic acids is 2. The second-order valence-electron chi connectivity index (χ2n) is 4.98. The fraction of sp³-hybridized carbons (Fsp3) is 0.267. The number of benzene rings is 1. The lowest BCUT2D eigenvalue weighted by Gasteiger charge is -2.17. The van der Waals surface area contributed by atoms with E-state index in [1.54, 1.807) is 6.08 Å². The molecule has 2 amide bonds. The SMILES string of the molecule is O=C(O)CN1C(=O)S/C(=C/c2ccc3c(c2)CCCO3)C1=O. The van der Waals surface area contributed by atoms with Crippen molar-refractivity contribution in [3.05, 3.63) is 34.2 Å². The molecular formula is C15H13NO5S. The van der Waals surface area contributed by atoms with Crippen molar-refractivity contribution < 1.29 is 24.2 Å². The van der Waals surface area contributed by atoms with Gasteiger partial charge < -0.3 is 9.84 Å². The van der Waals surface area contributed by atoms with Gasteiger partial charge in [0.25, 0.3) is 11.1 Å². The number of carboxylic acid groups (broad SMARTS) is 1. The fourth-order valence-corrected chi connectivity index (χ4v) is 3.23. The number of fused-ring (bicyclic) bond motifs is 1. The van der Waals surface area contributed by atoms with Gasteiger partial charge in [0.05, 0.1) is 11.5 Å². The molecule has 0 spiro atoms. The lowest BCUT2D eigenvalue weighted by Crippen LogP contribution is -2.33. The van der Waals surface area contributed by atoms with Crippen LogP contribution in [0.2, 0.25) is 0 Å². The van der Waals surface area contributed by atoms with Crippen LogP contribution in [-0.4, -0.2) is 40.3 Å². The van der Waals surface area contributed by atoms with E-state index in [0.29, 0.717) is 6.61 Å². The zero-order chi connectivity index (χ0) is 15.7. The standard InChI is InChI=1S/C15H13NO5S/c17-13(18)8-16-14(19)12(22-15(16)20)7-9-3-4-11-10(6-9)2-1-5-21-11/h3-4,6-7H,1-2,5,8H2,(H,17,18)/b12-7+. The van der Waals surface area contributed by atoms with Gasteiger partial charge in [-0.2, -0.15) is 0 Å². The molecule has 0 aromatic heterocycles. The normalized spacial score (nSPS) is 19.3. The average molecular weight is 319 g/mol. The summed E-state index contributed by atoms with van der Waals surface area (Å²) in [6.07, 6.45) is 3.48. The van der Waals surface area contributed by atoms with E-state index in [4.69, 9.17) is 9.84 Å². The van der Waals surface area contributed by atoms with Gasteiger partial charge in [0.1, 0.15) is 12.3 Å². The molecule has 1 saturated heterocycles. The molecule has 0 unspecified atom stereocenters. The molecule has 1 fully saturated rings. The molecule has 0 bridgehead atoms. The van der Waals surface area contributed by atoms with Crippen LogP contribution in [0, 0.1) is 0 Å². The Balaban J connectivity index is 1.85. The molecule has 1 aromatic rings. The van der Waals surface area contributed by atoms with Crippen molar-refractivity contribution >= 4 is 35.0 Å². The summed E-state index contributed by atoms with van der Waals surface area (Å²) in [4.78, 5) is 35.4. The highest BCUT2D eigenvalue weighted by molar-refractivity contribution is 8.18. The van der Waals surface area contributed by atoms with Gasteiger partial charge in [-0.3, -0.25) is 19.3 Å². The van der Waals surface area contributed by atoms with Gasteiger partial charge in [0.15, 0.2) is 0 Å². The predicted molar refractivity (Wildman–Crippen MR) is 80.6 cm³/mol. The molecule has 0 atom stereocenters. The van der Waals surface area contributed by atoms with E-state index in [0.717, 1.165) is 46.4 Å². The van der Waals surface area contributed by atoms with E-state index in [2.05, 4.69) is 0 Å². The van der Waals surface area contributed by atoms with E-state index >= 15 is 0 Å². The first kappa shape index (κ1) is 14.6. The van der Waals surface area contributed by atoms with Crippen molar-refractivity contribution in [2.45, 2.75) is 12.8 Å². The highest BCUT2D eigenvalue weighted by Crippen LogP contribution is 2.33. The minimum atomic E-state index is -1.21. The first-order valence-electron chi connectivity index (χ1n) is 6.77. The monoisotopic (exact) mass is 319 g/mol. The maximum absolute atomic E-state index is 12.1. The van der Waals surface area contributed by atoms with E-state index in [9.17, 15) is 14.4 Å². The molecule has 2 aliphatic rings. The number of nitrogens with zero attached hydrogens (tertiary/aromatic N) is 1. The molecule has 1 aromatic carbocycles. The fourth-order valence-electron chi connectivity index (χ4n) is 2.39. The second kappa shape index (κ2) is 5.84. The number of amides is 2. The lowest BCUT2D eigenvalue weighted by molar-refractivity contribution is -0.140. The maximum atomic E-state index is 12.1. The number of hydrogen-bond acceptors (Lipinski definition) is 5. The summed E-state index contributed by atoms with van der Waals surface area (Å²) < 4.78 is 5.53. The highest BCUT2D eigenvalue weighted by atomic mass is 32.2. The number of rotatable bonds is 3. The molecule has 0 saturated carbocycles. The smallest absolute Gasteiger partial charge is 0.323 e. The number of imide groups is 1. The van der Waals surface area contributed by atoms with Crippen LogP contribution < -0.4 is 4.74 Å². The summed E-state index contributed by atoms with van der Waals surface area (Å²) in [5.74, 6) is -0.928. The van der Waals surface area contributed by atoms with Crippen LogP contribution >= 0.6 is 11.8 Å². The van der Waals surface area contributed by atoms with Crippen LogP contribution in [0.3, 0.4) is 0 Å². The van der Waals surface area contributed by atoms with E-state index in [1.165, 1.54) is 0 Å². The summed E-state index contributed by atoms with van der Waals surface area (Å²) in [6.45, 7) is 0.0977. The second-order valence-corrected chi connectivity index (χ2v) is 5.97. The van der Waals surface area contributed by atoms with Crippen LogP contribution in [0.25, 0.3) is 6.08 Å². The average Bonchev–Trinajstić information content (AvgIpc) is 2.74. The predicted octanol–water partition coefficient (Wildman–Crippen LogP) is 2.13. The quantitative estimate of drug-likeness (QED) is 0.859. The number of hydrogen-bond donors (Lipinski definition) is 1. The van der Waals surface area contributed by atoms with Crippen molar-refractivity contribution in [3.63, 3.8) is 0 Å². The molecule has 6 nitrogen and oxygen atoms in total. The number of carboxylic acids is 1. The topological polar surface area (TPSA) is 83.9 Å². The molecule has 3 rings (SSSR count). The Hall–Kier alpha value is -2.28. The number of aryl methyl sites for hydroxylation is 1. The minimum Gasteiger partial charge on any atom is -0.493 e. The Labute approximate surface area is 130 Å². The molecule has 22 heavy (non-hydrogen) atoms. The van der Waals surface area contributed by atoms with E-state index in [-0.39, 0.29) is 4.91 Å². The molecule has 0 radical (unpaired) electrons. The van der Waals surface area contributed by atoms with Crippen LogP contribution in [0.4, 0.5) is 4.79 Å². The number of thioether (sulfide) groups is 1.